The Bertz CT molecular complexity index is 593. The molecule has 2 unspecified atom stereocenters. The summed E-state index contributed by atoms with van der Waals surface area (Å²) in [6, 6.07) is 11.0. The van der Waals surface area contributed by atoms with Crippen molar-refractivity contribution in [1.82, 2.24) is 4.90 Å². The van der Waals surface area contributed by atoms with Crippen LogP contribution in [0.2, 0.25) is 0 Å². The number of amides is 1. The van der Waals surface area contributed by atoms with Gasteiger partial charge < -0.3 is 15.4 Å². The van der Waals surface area contributed by atoms with E-state index in [0.29, 0.717) is 24.5 Å². The first kappa shape index (κ1) is 18.0. The van der Waals surface area contributed by atoms with Crippen LogP contribution in [-0.4, -0.2) is 42.1 Å². The SMILES string of the molecule is NC1CCCN(C(=O)C2CC2)C1COC1CCC(c2ccccc2)CC1. The topological polar surface area (TPSA) is 55.6 Å². The lowest BCUT2D eigenvalue weighted by molar-refractivity contribution is -0.139. The molecule has 4 rings (SSSR count). The molecule has 4 nitrogen and oxygen atoms in total. The summed E-state index contributed by atoms with van der Waals surface area (Å²) < 4.78 is 6.28. The number of likely N-dealkylation sites (tertiary alicyclic amines) is 1. The normalized spacial score (nSPS) is 32.4. The van der Waals surface area contributed by atoms with Crippen LogP contribution in [0.3, 0.4) is 0 Å². The van der Waals surface area contributed by atoms with Gasteiger partial charge in [0.2, 0.25) is 5.91 Å². The van der Waals surface area contributed by atoms with Gasteiger partial charge in [0, 0.05) is 18.5 Å². The summed E-state index contributed by atoms with van der Waals surface area (Å²) in [5, 5.41) is 0. The van der Waals surface area contributed by atoms with Crippen LogP contribution in [0.5, 0.6) is 0 Å². The summed E-state index contributed by atoms with van der Waals surface area (Å²) in [5.74, 6) is 1.26. The average Bonchev–Trinajstić information content (AvgIpc) is 3.53. The fourth-order valence-corrected chi connectivity index (χ4v) is 4.66. The molecule has 3 fully saturated rings. The number of nitrogens with two attached hydrogens (primary N) is 1. The number of ether oxygens (including phenoxy) is 1. The van der Waals surface area contributed by atoms with Crippen LogP contribution in [0.1, 0.15) is 62.8 Å². The van der Waals surface area contributed by atoms with Crippen molar-refractivity contribution in [3.8, 4) is 0 Å². The van der Waals surface area contributed by atoms with E-state index in [4.69, 9.17) is 10.5 Å². The van der Waals surface area contributed by atoms with E-state index in [1.54, 1.807) is 0 Å². The van der Waals surface area contributed by atoms with Crippen LogP contribution in [0.4, 0.5) is 0 Å². The van der Waals surface area contributed by atoms with Crippen LogP contribution >= 0.6 is 0 Å². The third-order valence-corrected chi connectivity index (χ3v) is 6.49. The molecule has 1 saturated heterocycles. The average molecular weight is 357 g/mol. The second-order valence-corrected chi connectivity index (χ2v) is 8.40. The fourth-order valence-electron chi connectivity index (χ4n) is 4.66. The summed E-state index contributed by atoms with van der Waals surface area (Å²) in [5.41, 5.74) is 7.83. The largest absolute Gasteiger partial charge is 0.376 e. The lowest BCUT2D eigenvalue weighted by Gasteiger charge is -2.41. The van der Waals surface area contributed by atoms with E-state index in [1.165, 1.54) is 18.4 Å². The van der Waals surface area contributed by atoms with Crippen LogP contribution in [0.15, 0.2) is 30.3 Å². The Balaban J connectivity index is 1.28. The second kappa shape index (κ2) is 8.10. The van der Waals surface area contributed by atoms with Gasteiger partial charge in [-0.2, -0.15) is 0 Å². The molecule has 0 spiro atoms. The molecule has 4 heteroatoms. The summed E-state index contributed by atoms with van der Waals surface area (Å²) >= 11 is 0. The lowest BCUT2D eigenvalue weighted by Crippen LogP contribution is -2.57. The van der Waals surface area contributed by atoms with Crippen molar-refractivity contribution >= 4 is 5.91 Å². The maximum absolute atomic E-state index is 12.6. The minimum Gasteiger partial charge on any atom is -0.376 e. The zero-order valence-electron chi connectivity index (χ0n) is 15.7. The van der Waals surface area contributed by atoms with Gasteiger partial charge in [-0.3, -0.25) is 4.79 Å². The Labute approximate surface area is 157 Å². The van der Waals surface area contributed by atoms with Crippen molar-refractivity contribution in [2.24, 2.45) is 11.7 Å². The summed E-state index contributed by atoms with van der Waals surface area (Å²) in [7, 11) is 0. The first-order chi connectivity index (χ1) is 12.7. The first-order valence-electron chi connectivity index (χ1n) is 10.4. The maximum atomic E-state index is 12.6. The Hall–Kier alpha value is -1.39. The molecule has 0 radical (unpaired) electrons. The van der Waals surface area contributed by atoms with Crippen molar-refractivity contribution in [3.05, 3.63) is 35.9 Å². The number of nitrogens with zero attached hydrogens (tertiary/aromatic N) is 1. The molecule has 2 aliphatic carbocycles. The van der Waals surface area contributed by atoms with E-state index in [1.807, 2.05) is 4.90 Å². The highest BCUT2D eigenvalue weighted by Crippen LogP contribution is 2.35. The zero-order valence-corrected chi connectivity index (χ0v) is 15.7. The molecular weight excluding hydrogens is 324 g/mol. The Morgan fingerprint density at radius 2 is 1.77 bits per heavy atom. The Kier molecular flexibility index (Phi) is 5.60. The van der Waals surface area contributed by atoms with E-state index >= 15 is 0 Å². The van der Waals surface area contributed by atoms with Crippen molar-refractivity contribution in [2.75, 3.05) is 13.2 Å². The van der Waals surface area contributed by atoms with Crippen LogP contribution in [0, 0.1) is 5.92 Å². The van der Waals surface area contributed by atoms with Crippen LogP contribution in [0.25, 0.3) is 0 Å². The monoisotopic (exact) mass is 356 g/mol. The van der Waals surface area contributed by atoms with E-state index in [9.17, 15) is 4.79 Å². The van der Waals surface area contributed by atoms with Crippen molar-refractivity contribution in [1.29, 1.82) is 0 Å². The number of rotatable bonds is 5. The van der Waals surface area contributed by atoms with Gasteiger partial charge in [0.25, 0.3) is 0 Å². The molecule has 2 N–H and O–H groups in total. The molecule has 142 valence electrons. The maximum Gasteiger partial charge on any atom is 0.226 e. The van der Waals surface area contributed by atoms with E-state index in [0.717, 1.165) is 45.1 Å². The molecule has 2 saturated carbocycles. The third-order valence-electron chi connectivity index (χ3n) is 6.49. The van der Waals surface area contributed by atoms with Crippen molar-refractivity contribution in [3.63, 3.8) is 0 Å². The molecule has 3 aliphatic rings. The van der Waals surface area contributed by atoms with Crippen LogP contribution in [-0.2, 0) is 9.53 Å². The summed E-state index contributed by atoms with van der Waals surface area (Å²) in [6.07, 6.45) is 9.06. The predicted octanol–water partition coefficient (Wildman–Crippen LogP) is 3.46. The van der Waals surface area contributed by atoms with E-state index in [2.05, 4.69) is 30.3 Å². The molecule has 1 aromatic rings. The highest BCUT2D eigenvalue weighted by molar-refractivity contribution is 5.81. The Morgan fingerprint density at radius 1 is 1.04 bits per heavy atom. The highest BCUT2D eigenvalue weighted by atomic mass is 16.5. The number of carbonyl (C=O) groups excluding carboxylic acids is 1. The zero-order chi connectivity index (χ0) is 17.9. The summed E-state index contributed by atoms with van der Waals surface area (Å²) in [6.45, 7) is 1.47. The van der Waals surface area contributed by atoms with Gasteiger partial charge in [0.15, 0.2) is 0 Å². The molecule has 1 aliphatic heterocycles. The van der Waals surface area contributed by atoms with Crippen LogP contribution < -0.4 is 5.73 Å². The molecular formula is C22H32N2O2. The molecule has 26 heavy (non-hydrogen) atoms. The van der Waals surface area contributed by atoms with Gasteiger partial charge in [-0.15, -0.1) is 0 Å². The van der Waals surface area contributed by atoms with Crippen molar-refractivity contribution < 1.29 is 9.53 Å². The van der Waals surface area contributed by atoms with Gasteiger partial charge in [-0.05, 0) is 62.8 Å². The number of carbonyl (C=O) groups is 1. The molecule has 1 amide bonds. The summed E-state index contributed by atoms with van der Waals surface area (Å²) in [4.78, 5) is 14.6. The molecule has 1 heterocycles. The number of hydrogen-bond donors (Lipinski definition) is 1. The predicted molar refractivity (Wildman–Crippen MR) is 103 cm³/mol. The van der Waals surface area contributed by atoms with Gasteiger partial charge in [-0.1, -0.05) is 30.3 Å². The fraction of sp³-hybridized carbons (Fsp3) is 0.682. The number of piperidine rings is 1. The first-order valence-corrected chi connectivity index (χ1v) is 10.4. The molecule has 1 aromatic carbocycles. The molecule has 0 bridgehead atoms. The highest BCUT2D eigenvalue weighted by Gasteiger charge is 2.40. The number of hydrogen-bond acceptors (Lipinski definition) is 3. The van der Waals surface area contributed by atoms with E-state index < -0.39 is 0 Å². The smallest absolute Gasteiger partial charge is 0.226 e. The van der Waals surface area contributed by atoms with Crippen molar-refractivity contribution in [2.45, 2.75) is 75.5 Å². The van der Waals surface area contributed by atoms with E-state index in [-0.39, 0.29) is 18.0 Å². The van der Waals surface area contributed by atoms with Gasteiger partial charge in [0.05, 0.1) is 18.8 Å². The van der Waals surface area contributed by atoms with Gasteiger partial charge in [-0.25, -0.2) is 0 Å². The van der Waals surface area contributed by atoms with Gasteiger partial charge in [0.1, 0.15) is 0 Å². The standard InChI is InChI=1S/C22H32N2O2/c23-20-7-4-14-24(22(25)18-8-9-18)21(20)15-26-19-12-10-17(11-13-19)16-5-2-1-3-6-16/h1-3,5-6,17-21H,4,7-15,23H2. The third kappa shape index (κ3) is 4.12. The molecule has 0 aromatic heterocycles. The molecule has 2 atom stereocenters. The second-order valence-electron chi connectivity index (χ2n) is 8.40. The van der Waals surface area contributed by atoms with Gasteiger partial charge >= 0.3 is 0 Å². The quantitative estimate of drug-likeness (QED) is 0.879. The minimum absolute atomic E-state index is 0.0621. The number of benzene rings is 1. The lowest BCUT2D eigenvalue weighted by atomic mass is 9.83. The minimum atomic E-state index is 0.0621. The Morgan fingerprint density at radius 3 is 2.46 bits per heavy atom.